The lowest BCUT2D eigenvalue weighted by Gasteiger charge is -2.17. The van der Waals surface area contributed by atoms with Crippen LogP contribution in [0.15, 0.2) is 17.1 Å². The molecular weight excluding hydrogens is 244 g/mol. The van der Waals surface area contributed by atoms with E-state index in [0.29, 0.717) is 6.42 Å². The first kappa shape index (κ1) is 12.4. The highest BCUT2D eigenvalue weighted by Gasteiger charge is 2.42. The normalized spacial score (nSPS) is 32.9. The Morgan fingerprint density at radius 2 is 2.24 bits per heavy atom. The molecule has 1 fully saturated rings. The first-order valence-corrected chi connectivity index (χ1v) is 5.78. The molecule has 0 radical (unpaired) electrons. The van der Waals surface area contributed by atoms with Gasteiger partial charge in [-0.25, -0.2) is 0 Å². The van der Waals surface area contributed by atoms with Crippen molar-refractivity contribution in [3.05, 3.63) is 27.4 Å². The zero-order chi connectivity index (χ0) is 12.6. The maximum absolute atomic E-state index is 11.0. The van der Waals surface area contributed by atoms with Crippen LogP contribution < -0.4 is 5.56 Å². The second-order valence-corrected chi connectivity index (χ2v) is 4.36. The highest BCUT2D eigenvalue weighted by atomic mass is 32.1. The van der Waals surface area contributed by atoms with Crippen LogP contribution in [0.5, 0.6) is 0 Å². The van der Waals surface area contributed by atoms with E-state index in [0.717, 1.165) is 0 Å². The molecule has 0 bridgehead atoms. The Labute approximate surface area is 102 Å². The first-order chi connectivity index (χ1) is 8.04. The van der Waals surface area contributed by atoms with E-state index in [1.165, 1.54) is 16.8 Å². The van der Waals surface area contributed by atoms with Crippen LogP contribution >= 0.6 is 12.2 Å². The molecule has 0 aliphatic carbocycles. The molecule has 2 heterocycles. The number of aromatic nitrogens is 2. The third-order valence-electron chi connectivity index (χ3n) is 2.86. The number of aromatic amines is 1. The van der Waals surface area contributed by atoms with Crippen LogP contribution in [-0.4, -0.2) is 38.1 Å². The van der Waals surface area contributed by atoms with Gasteiger partial charge in [0.15, 0.2) is 11.0 Å². The minimum absolute atomic E-state index is 0.158. The van der Waals surface area contributed by atoms with Gasteiger partial charge in [0.1, 0.15) is 12.2 Å². The molecule has 0 aromatic carbocycles. The van der Waals surface area contributed by atoms with Crippen molar-refractivity contribution in [2.45, 2.75) is 37.9 Å². The number of aliphatic hydroxyl groups excluding tert-OH is 2. The molecule has 1 aliphatic rings. The Balaban J connectivity index is 2.35. The van der Waals surface area contributed by atoms with Crippen molar-refractivity contribution < 1.29 is 14.9 Å². The molecule has 4 atom stereocenters. The van der Waals surface area contributed by atoms with E-state index in [1.54, 1.807) is 0 Å². The summed E-state index contributed by atoms with van der Waals surface area (Å²) in [7, 11) is 0. The number of hydrogen-bond donors (Lipinski definition) is 3. The molecule has 0 saturated carbocycles. The third-order valence-corrected chi connectivity index (χ3v) is 3.18. The molecular formula is C10H14N2O4S. The lowest BCUT2D eigenvalue weighted by molar-refractivity contribution is -0.0393. The fraction of sp³-hybridized carbons (Fsp3) is 0.600. The standard InChI is InChI=1S/C10H14N2O4S/c1-2-5-7(14)8(15)9(16-5)12-4-3-6(13)11-10(12)17/h3-5,7-9,14-15H,2H2,1H3,(H,11,13,17)/t5-,7?,8+,9-/m1/s1. The summed E-state index contributed by atoms with van der Waals surface area (Å²) >= 11 is 4.98. The third kappa shape index (κ3) is 2.19. The van der Waals surface area contributed by atoms with E-state index in [1.807, 2.05) is 6.92 Å². The van der Waals surface area contributed by atoms with Crippen LogP contribution in [0.25, 0.3) is 0 Å². The quantitative estimate of drug-likeness (QED) is 0.647. The summed E-state index contributed by atoms with van der Waals surface area (Å²) in [5, 5.41) is 19.6. The summed E-state index contributed by atoms with van der Waals surface area (Å²) < 4.78 is 7.10. The number of nitrogens with zero attached hydrogens (tertiary/aromatic N) is 1. The summed E-state index contributed by atoms with van der Waals surface area (Å²) in [5.74, 6) is 0. The van der Waals surface area contributed by atoms with Gasteiger partial charge < -0.3 is 14.9 Å². The molecule has 1 unspecified atom stereocenters. The van der Waals surface area contributed by atoms with Gasteiger partial charge in [-0.2, -0.15) is 0 Å². The lowest BCUT2D eigenvalue weighted by Crippen LogP contribution is -2.31. The number of H-pyrrole nitrogens is 1. The van der Waals surface area contributed by atoms with Crippen LogP contribution in [0, 0.1) is 4.77 Å². The van der Waals surface area contributed by atoms with E-state index >= 15 is 0 Å². The van der Waals surface area contributed by atoms with Gasteiger partial charge >= 0.3 is 0 Å². The van der Waals surface area contributed by atoms with Gasteiger partial charge in [0.05, 0.1) is 6.10 Å². The zero-order valence-corrected chi connectivity index (χ0v) is 10.1. The van der Waals surface area contributed by atoms with Crippen molar-refractivity contribution >= 4 is 12.2 Å². The Bertz CT molecular complexity index is 512. The minimum Gasteiger partial charge on any atom is -0.388 e. The maximum Gasteiger partial charge on any atom is 0.251 e. The van der Waals surface area contributed by atoms with E-state index in [2.05, 4.69) is 4.98 Å². The predicted octanol–water partition coefficient (Wildman–Crippen LogP) is -0.0649. The van der Waals surface area contributed by atoms with Gasteiger partial charge in [-0.1, -0.05) is 6.92 Å². The van der Waals surface area contributed by atoms with Crippen LogP contribution in [0.3, 0.4) is 0 Å². The molecule has 0 amide bonds. The van der Waals surface area contributed by atoms with Gasteiger partial charge in [0, 0.05) is 12.3 Å². The molecule has 6 nitrogen and oxygen atoms in total. The lowest BCUT2D eigenvalue weighted by atomic mass is 10.1. The highest BCUT2D eigenvalue weighted by Crippen LogP contribution is 2.30. The summed E-state index contributed by atoms with van der Waals surface area (Å²) in [5.41, 5.74) is -0.314. The van der Waals surface area contributed by atoms with Crippen molar-refractivity contribution in [1.29, 1.82) is 0 Å². The van der Waals surface area contributed by atoms with Crippen molar-refractivity contribution in [3.8, 4) is 0 Å². The maximum atomic E-state index is 11.0. The molecule has 94 valence electrons. The van der Waals surface area contributed by atoms with Gasteiger partial charge in [-0.05, 0) is 18.6 Å². The highest BCUT2D eigenvalue weighted by molar-refractivity contribution is 7.71. The minimum atomic E-state index is -1.06. The average molecular weight is 258 g/mol. The van der Waals surface area contributed by atoms with Crippen LogP contribution in [0.4, 0.5) is 0 Å². The fourth-order valence-corrected chi connectivity index (χ4v) is 2.19. The molecule has 1 aromatic rings. The average Bonchev–Trinajstić information content (AvgIpc) is 2.57. The number of nitrogens with one attached hydrogen (secondary N) is 1. The topological polar surface area (TPSA) is 87.5 Å². The summed E-state index contributed by atoms with van der Waals surface area (Å²) in [6.07, 6.45) is -1.16. The van der Waals surface area contributed by atoms with E-state index < -0.39 is 24.5 Å². The predicted molar refractivity (Wildman–Crippen MR) is 62.1 cm³/mol. The number of hydrogen-bond acceptors (Lipinski definition) is 5. The zero-order valence-electron chi connectivity index (χ0n) is 9.24. The van der Waals surface area contributed by atoms with Gasteiger partial charge in [0.25, 0.3) is 5.56 Å². The Morgan fingerprint density at radius 1 is 1.53 bits per heavy atom. The smallest absolute Gasteiger partial charge is 0.251 e. The Hall–Kier alpha value is -1.02. The number of ether oxygens (including phenoxy) is 1. The fourth-order valence-electron chi connectivity index (χ4n) is 1.92. The van der Waals surface area contributed by atoms with Crippen molar-refractivity contribution in [2.75, 3.05) is 0 Å². The van der Waals surface area contributed by atoms with Gasteiger partial charge in [0.2, 0.25) is 0 Å². The van der Waals surface area contributed by atoms with Gasteiger partial charge in [-0.15, -0.1) is 0 Å². The second kappa shape index (κ2) is 4.69. The van der Waals surface area contributed by atoms with Crippen LogP contribution in [0.1, 0.15) is 19.6 Å². The Kier molecular flexibility index (Phi) is 3.43. The van der Waals surface area contributed by atoms with Crippen LogP contribution in [0.2, 0.25) is 0 Å². The Morgan fingerprint density at radius 3 is 2.76 bits per heavy atom. The van der Waals surface area contributed by atoms with Crippen molar-refractivity contribution in [2.24, 2.45) is 0 Å². The second-order valence-electron chi connectivity index (χ2n) is 3.97. The molecule has 3 N–H and O–H groups in total. The number of aliphatic hydroxyl groups is 2. The van der Waals surface area contributed by atoms with Crippen LogP contribution in [-0.2, 0) is 4.74 Å². The van der Waals surface area contributed by atoms with E-state index in [4.69, 9.17) is 17.0 Å². The van der Waals surface area contributed by atoms with Crippen molar-refractivity contribution in [3.63, 3.8) is 0 Å². The van der Waals surface area contributed by atoms with E-state index in [-0.39, 0.29) is 10.3 Å². The monoisotopic (exact) mass is 258 g/mol. The molecule has 2 rings (SSSR count). The molecule has 17 heavy (non-hydrogen) atoms. The van der Waals surface area contributed by atoms with Crippen molar-refractivity contribution in [1.82, 2.24) is 9.55 Å². The SMILES string of the molecule is CC[C@H]1O[C@@H](n2ccc(=O)[nH]c2=S)[C@@H](O)C1O. The molecule has 0 spiro atoms. The molecule has 1 saturated heterocycles. The molecule has 1 aromatic heterocycles. The molecule has 1 aliphatic heterocycles. The number of rotatable bonds is 2. The summed E-state index contributed by atoms with van der Waals surface area (Å²) in [6, 6.07) is 1.29. The summed E-state index contributed by atoms with van der Waals surface area (Å²) in [6.45, 7) is 1.86. The summed E-state index contributed by atoms with van der Waals surface area (Å²) in [4.78, 5) is 13.5. The largest absolute Gasteiger partial charge is 0.388 e. The van der Waals surface area contributed by atoms with E-state index in [9.17, 15) is 15.0 Å². The first-order valence-electron chi connectivity index (χ1n) is 5.37. The van der Waals surface area contributed by atoms with Gasteiger partial charge in [-0.3, -0.25) is 14.3 Å². The molecule has 7 heteroatoms.